The quantitative estimate of drug-likeness (QED) is 0.338. The topological polar surface area (TPSA) is 79.5 Å². The summed E-state index contributed by atoms with van der Waals surface area (Å²) in [7, 11) is 2.33. The summed E-state index contributed by atoms with van der Waals surface area (Å²) in [6.07, 6.45) is -2.52. The first-order valence-electron chi connectivity index (χ1n) is 8.17. The molecule has 0 aliphatic heterocycles. The van der Waals surface area contributed by atoms with E-state index in [9.17, 15) is 27.6 Å². The molecule has 1 unspecified atom stereocenters. The molecule has 0 fully saturated rings. The van der Waals surface area contributed by atoms with Gasteiger partial charge in [0.05, 0.1) is 5.69 Å². The zero-order chi connectivity index (χ0) is 22.6. The van der Waals surface area contributed by atoms with Crippen molar-refractivity contribution >= 4 is 39.6 Å². The molecule has 0 N–H and O–H groups in total. The lowest BCUT2D eigenvalue weighted by Crippen LogP contribution is -2.40. The number of hydrogen-bond donors (Lipinski definition) is 0. The lowest BCUT2D eigenvalue weighted by Gasteiger charge is -2.14. The zero-order valence-electron chi connectivity index (χ0n) is 15.6. The normalized spacial score (nSPS) is 12.9. The molecule has 1 atom stereocenters. The minimum Gasteiger partial charge on any atom is -0.459 e. The van der Waals surface area contributed by atoms with E-state index < -0.39 is 34.1 Å². The number of halogens is 5. The number of alkyl halides is 4. The SMILES string of the molecule is COC(Br)COC(=O)C=Cc1cc(-n2c(=O)cc(C(F)(F)F)n(C)c2=O)ccc1Cl. The Balaban J connectivity index is 2.42. The highest BCUT2D eigenvalue weighted by atomic mass is 79.9. The number of benzene rings is 1. The van der Waals surface area contributed by atoms with Crippen molar-refractivity contribution in [1.82, 2.24) is 9.13 Å². The molecule has 0 radical (unpaired) electrons. The first kappa shape index (κ1) is 23.9. The number of nitrogens with zero attached hydrogens (tertiary/aromatic N) is 2. The lowest BCUT2D eigenvalue weighted by molar-refractivity contribution is -0.144. The van der Waals surface area contributed by atoms with Gasteiger partial charge in [-0.3, -0.25) is 9.36 Å². The third-order valence-corrected chi connectivity index (χ3v) is 4.84. The molecule has 0 saturated carbocycles. The fourth-order valence-electron chi connectivity index (χ4n) is 2.35. The highest BCUT2D eigenvalue weighted by Gasteiger charge is 2.35. The van der Waals surface area contributed by atoms with Crippen LogP contribution in [0.3, 0.4) is 0 Å². The fourth-order valence-corrected chi connectivity index (χ4v) is 2.67. The number of aromatic nitrogens is 2. The Labute approximate surface area is 181 Å². The van der Waals surface area contributed by atoms with Crippen molar-refractivity contribution in [3.8, 4) is 5.69 Å². The van der Waals surface area contributed by atoms with Crippen molar-refractivity contribution in [2.24, 2.45) is 7.05 Å². The second kappa shape index (κ2) is 9.63. The van der Waals surface area contributed by atoms with Gasteiger partial charge in [0.1, 0.15) is 17.3 Å². The maximum absolute atomic E-state index is 13.0. The Bertz CT molecular complexity index is 1090. The van der Waals surface area contributed by atoms with Crippen LogP contribution in [0.4, 0.5) is 13.2 Å². The molecule has 30 heavy (non-hydrogen) atoms. The Hall–Kier alpha value is -2.37. The van der Waals surface area contributed by atoms with Gasteiger partial charge in [-0.1, -0.05) is 27.5 Å². The molecule has 0 aliphatic carbocycles. The van der Waals surface area contributed by atoms with Crippen molar-refractivity contribution in [3.63, 3.8) is 0 Å². The van der Waals surface area contributed by atoms with Crippen molar-refractivity contribution in [2.75, 3.05) is 13.7 Å². The molecule has 2 aromatic rings. The minimum atomic E-state index is -4.86. The summed E-state index contributed by atoms with van der Waals surface area (Å²) >= 11 is 9.17. The third kappa shape index (κ3) is 5.61. The van der Waals surface area contributed by atoms with Gasteiger partial charge >= 0.3 is 17.8 Å². The molecule has 1 heterocycles. The van der Waals surface area contributed by atoms with Crippen LogP contribution in [0.2, 0.25) is 5.02 Å². The van der Waals surface area contributed by atoms with Gasteiger partial charge < -0.3 is 9.47 Å². The molecule has 12 heteroatoms. The van der Waals surface area contributed by atoms with E-state index in [1.54, 1.807) is 0 Å². The second-order valence-electron chi connectivity index (χ2n) is 5.86. The summed E-state index contributed by atoms with van der Waals surface area (Å²) in [5.74, 6) is -0.708. The highest BCUT2D eigenvalue weighted by Crippen LogP contribution is 2.27. The molecular weight excluding hydrogens is 497 g/mol. The molecular formula is C18H15BrClF3N2O5. The first-order chi connectivity index (χ1) is 14.0. The van der Waals surface area contributed by atoms with Crippen molar-refractivity contribution in [2.45, 2.75) is 11.2 Å². The first-order valence-corrected chi connectivity index (χ1v) is 9.47. The number of methoxy groups -OCH3 is 1. The molecule has 162 valence electrons. The molecule has 0 saturated heterocycles. The standard InChI is InChI=1S/C18H15BrClF3N2O5/c1-24-13(18(21,22)23)8-15(26)25(17(24)28)11-4-5-12(20)10(7-11)3-6-16(27)30-9-14(19)29-2/h3-8,14H,9H2,1-2H3. The van der Waals surface area contributed by atoms with E-state index in [4.69, 9.17) is 21.1 Å². The highest BCUT2D eigenvalue weighted by molar-refractivity contribution is 9.09. The van der Waals surface area contributed by atoms with Crippen LogP contribution >= 0.6 is 27.5 Å². The van der Waals surface area contributed by atoms with E-state index in [-0.39, 0.29) is 22.9 Å². The summed E-state index contributed by atoms with van der Waals surface area (Å²) in [6.45, 7) is -0.0512. The number of ether oxygens (including phenoxy) is 2. The minimum absolute atomic E-state index is 0.0216. The van der Waals surface area contributed by atoms with Gasteiger partial charge in [0, 0.05) is 31.3 Å². The lowest BCUT2D eigenvalue weighted by atomic mass is 10.2. The molecule has 1 aromatic heterocycles. The van der Waals surface area contributed by atoms with E-state index in [0.717, 1.165) is 13.1 Å². The van der Waals surface area contributed by atoms with Crippen LogP contribution in [0.25, 0.3) is 11.8 Å². The number of esters is 1. The van der Waals surface area contributed by atoms with E-state index in [1.165, 1.54) is 31.4 Å². The van der Waals surface area contributed by atoms with Crippen molar-refractivity contribution in [1.29, 1.82) is 0 Å². The van der Waals surface area contributed by atoms with Crippen LogP contribution in [0.1, 0.15) is 11.3 Å². The van der Waals surface area contributed by atoms with Crippen molar-refractivity contribution in [3.05, 3.63) is 67.5 Å². The van der Waals surface area contributed by atoms with E-state index in [0.29, 0.717) is 15.2 Å². The molecule has 7 nitrogen and oxygen atoms in total. The third-order valence-electron chi connectivity index (χ3n) is 3.86. The summed E-state index contributed by atoms with van der Waals surface area (Å²) in [4.78, 5) is 36.3. The number of rotatable bonds is 6. The van der Waals surface area contributed by atoms with Crippen LogP contribution in [0.5, 0.6) is 0 Å². The average molecular weight is 512 g/mol. The van der Waals surface area contributed by atoms with Crippen LogP contribution in [0, 0.1) is 0 Å². The smallest absolute Gasteiger partial charge is 0.431 e. The van der Waals surface area contributed by atoms with Gasteiger partial charge in [-0.25, -0.2) is 14.2 Å². The Kier molecular flexibility index (Phi) is 7.67. The van der Waals surface area contributed by atoms with Crippen LogP contribution < -0.4 is 11.2 Å². The maximum atomic E-state index is 13.0. The summed E-state index contributed by atoms with van der Waals surface area (Å²) < 4.78 is 49.6. The second-order valence-corrected chi connectivity index (χ2v) is 7.29. The molecule has 0 aliphatic rings. The number of hydrogen-bond acceptors (Lipinski definition) is 5. The van der Waals surface area contributed by atoms with Crippen molar-refractivity contribution < 1.29 is 27.4 Å². The molecule has 0 amide bonds. The summed E-state index contributed by atoms with van der Waals surface area (Å²) in [5.41, 5.74) is -3.50. The van der Waals surface area contributed by atoms with E-state index in [1.807, 2.05) is 0 Å². The predicted molar refractivity (Wildman–Crippen MR) is 107 cm³/mol. The number of carbonyl (C=O) groups is 1. The molecule has 0 bridgehead atoms. The Morgan fingerprint density at radius 2 is 1.97 bits per heavy atom. The van der Waals surface area contributed by atoms with Gasteiger partial charge in [0.15, 0.2) is 0 Å². The van der Waals surface area contributed by atoms with Gasteiger partial charge in [0.25, 0.3) is 5.56 Å². The van der Waals surface area contributed by atoms with Gasteiger partial charge in [-0.2, -0.15) is 13.2 Å². The predicted octanol–water partition coefficient (Wildman–Crippen LogP) is 3.13. The van der Waals surface area contributed by atoms with E-state index in [2.05, 4.69) is 15.9 Å². The fraction of sp³-hybridized carbons (Fsp3) is 0.278. The molecule has 1 aromatic carbocycles. The average Bonchev–Trinajstić information content (AvgIpc) is 2.68. The number of carbonyl (C=O) groups excluding carboxylic acids is 1. The monoisotopic (exact) mass is 510 g/mol. The largest absolute Gasteiger partial charge is 0.459 e. The maximum Gasteiger partial charge on any atom is 0.431 e. The zero-order valence-corrected chi connectivity index (χ0v) is 17.9. The molecule has 0 spiro atoms. The van der Waals surface area contributed by atoms with E-state index >= 15 is 0 Å². The van der Waals surface area contributed by atoms with Gasteiger partial charge in [-0.05, 0) is 29.8 Å². The Morgan fingerprint density at radius 1 is 1.30 bits per heavy atom. The summed E-state index contributed by atoms with van der Waals surface area (Å²) in [5, 5.41) is -0.306. The van der Waals surface area contributed by atoms with Crippen LogP contribution in [-0.2, 0) is 27.5 Å². The van der Waals surface area contributed by atoms with Gasteiger partial charge in [0.2, 0.25) is 0 Å². The Morgan fingerprint density at radius 3 is 2.57 bits per heavy atom. The van der Waals surface area contributed by atoms with Crippen LogP contribution in [0.15, 0.2) is 39.9 Å². The summed E-state index contributed by atoms with van der Waals surface area (Å²) in [6, 6.07) is 4.24. The van der Waals surface area contributed by atoms with Gasteiger partial charge in [-0.15, -0.1) is 0 Å². The van der Waals surface area contributed by atoms with Crippen LogP contribution in [-0.4, -0.2) is 33.8 Å². The molecule has 2 rings (SSSR count).